The fourth-order valence-electron chi connectivity index (χ4n) is 6.65. The molecule has 1 saturated carbocycles. The van der Waals surface area contributed by atoms with Crippen molar-refractivity contribution in [3.8, 4) is 22.5 Å². The summed E-state index contributed by atoms with van der Waals surface area (Å²) in [4.78, 5) is 19.2. The maximum absolute atomic E-state index is 14.5. The topological polar surface area (TPSA) is 136 Å². The van der Waals surface area contributed by atoms with E-state index in [-0.39, 0.29) is 69.1 Å². The van der Waals surface area contributed by atoms with Crippen LogP contribution >= 0.6 is 0 Å². The molecule has 0 amide bonds. The molecule has 0 saturated heterocycles. The van der Waals surface area contributed by atoms with E-state index < -0.39 is 5.60 Å². The van der Waals surface area contributed by atoms with Crippen LogP contribution in [0.25, 0.3) is 28.3 Å². The van der Waals surface area contributed by atoms with Crippen LogP contribution in [0.4, 0.5) is 0 Å². The summed E-state index contributed by atoms with van der Waals surface area (Å²) in [5, 5.41) is 29.9. The molecule has 2 N–H and O–H groups in total. The summed E-state index contributed by atoms with van der Waals surface area (Å²) < 4.78 is 9.99. The third-order valence-corrected chi connectivity index (χ3v) is 9.57. The number of nitrogens with one attached hydrogen (secondary N) is 1. The quantitative estimate of drug-likeness (QED) is 0.178. The Labute approximate surface area is 318 Å². The predicted octanol–water partition coefficient (Wildman–Crippen LogP) is 4.99. The predicted molar refractivity (Wildman–Crippen MR) is 184 cm³/mol. The SMILES string of the molecule is CCCc1c(Cc2ccc(-c3ccccc3-c3nnn[nH]3)cc2)c(=O)n([C@H]2CC[C@H](OCC(O)(CC)CC)CC2)c2nc(C)nn12.[KH]. The molecular weight excluding hydrogens is 620 g/mol. The number of ether oxygens (including phenoxy) is 1. The summed E-state index contributed by atoms with van der Waals surface area (Å²) in [5.41, 5.74) is 4.99. The van der Waals surface area contributed by atoms with Crippen molar-refractivity contribution in [1.82, 2.24) is 39.8 Å². The molecule has 1 fully saturated rings. The second kappa shape index (κ2) is 15.8. The Hall–Kier alpha value is -2.58. The van der Waals surface area contributed by atoms with Gasteiger partial charge in [0.2, 0.25) is 5.78 Å². The summed E-state index contributed by atoms with van der Waals surface area (Å²) in [6, 6.07) is 16.4. The van der Waals surface area contributed by atoms with Gasteiger partial charge in [-0.3, -0.25) is 9.36 Å². The minimum atomic E-state index is -0.779. The summed E-state index contributed by atoms with van der Waals surface area (Å²) in [6.45, 7) is 8.35. The van der Waals surface area contributed by atoms with Gasteiger partial charge in [-0.05, 0) is 79.0 Å². The second-order valence-corrected chi connectivity index (χ2v) is 12.6. The molecule has 3 aromatic heterocycles. The number of hydrogen-bond donors (Lipinski definition) is 2. The van der Waals surface area contributed by atoms with Gasteiger partial charge in [0.15, 0.2) is 5.82 Å². The number of H-pyrrole nitrogens is 1. The molecule has 0 aliphatic heterocycles. The molecule has 0 bridgehead atoms. The molecule has 2 aromatic carbocycles. The van der Waals surface area contributed by atoms with E-state index in [1.165, 1.54) is 0 Å². The second-order valence-electron chi connectivity index (χ2n) is 12.6. The molecule has 244 valence electrons. The van der Waals surface area contributed by atoms with Crippen molar-refractivity contribution < 1.29 is 9.84 Å². The van der Waals surface area contributed by atoms with E-state index in [1.54, 1.807) is 0 Å². The molecule has 12 heteroatoms. The Kier molecular flexibility index (Phi) is 12.0. The zero-order chi connectivity index (χ0) is 32.3. The van der Waals surface area contributed by atoms with Crippen LogP contribution in [-0.2, 0) is 17.6 Å². The molecule has 0 radical (unpaired) electrons. The van der Waals surface area contributed by atoms with Crippen molar-refractivity contribution in [3.63, 3.8) is 0 Å². The van der Waals surface area contributed by atoms with Gasteiger partial charge < -0.3 is 9.84 Å². The van der Waals surface area contributed by atoms with E-state index in [1.807, 2.05) is 48.1 Å². The van der Waals surface area contributed by atoms with E-state index >= 15 is 0 Å². The van der Waals surface area contributed by atoms with E-state index in [9.17, 15) is 9.90 Å². The van der Waals surface area contributed by atoms with Gasteiger partial charge in [-0.2, -0.15) is 10.1 Å². The van der Waals surface area contributed by atoms with E-state index in [0.29, 0.717) is 43.3 Å². The van der Waals surface area contributed by atoms with E-state index in [4.69, 9.17) is 14.8 Å². The average molecular weight is 665 g/mol. The Morgan fingerprint density at radius 2 is 1.70 bits per heavy atom. The minimum absolute atomic E-state index is 0. The molecule has 5 aromatic rings. The fourth-order valence-corrected chi connectivity index (χ4v) is 6.65. The number of aliphatic hydroxyl groups is 1. The van der Waals surface area contributed by atoms with Crippen LogP contribution < -0.4 is 5.56 Å². The number of benzene rings is 2. The summed E-state index contributed by atoms with van der Waals surface area (Å²) in [7, 11) is 0. The molecule has 1 aliphatic rings. The number of aromatic amines is 1. The van der Waals surface area contributed by atoms with Crippen LogP contribution in [0.2, 0.25) is 0 Å². The average Bonchev–Trinajstić information content (AvgIpc) is 3.76. The Balaban J connectivity index is 0.00000433. The van der Waals surface area contributed by atoms with Gasteiger partial charge in [0.05, 0.1) is 24.0 Å². The van der Waals surface area contributed by atoms with Crippen molar-refractivity contribution >= 4 is 57.2 Å². The molecule has 0 atom stereocenters. The summed E-state index contributed by atoms with van der Waals surface area (Å²) >= 11 is 0. The molecule has 11 nitrogen and oxygen atoms in total. The standard InChI is InChI=1S/C35H44N8O3.K.H/c1-5-10-31-30(21-24-13-15-25(16-14-24)28-11-8-9-12-29(28)32-37-40-41-38-32)33(44)42(34-36-23(4)39-43(31)34)26-17-19-27(20-18-26)46-22-35(45,6-2)7-3;;/h8-9,11-16,26-27,45H,5-7,10,17-22H2,1-4H3,(H,37,38,40,41);;/t26-,27-;;. The van der Waals surface area contributed by atoms with E-state index in [2.05, 4.69) is 57.9 Å². The molecule has 3 heterocycles. The van der Waals surface area contributed by atoms with Crippen molar-refractivity contribution in [2.24, 2.45) is 0 Å². The zero-order valence-corrected chi connectivity index (χ0v) is 27.2. The third-order valence-electron chi connectivity index (χ3n) is 9.57. The first-order valence-electron chi connectivity index (χ1n) is 16.6. The van der Waals surface area contributed by atoms with Gasteiger partial charge in [-0.15, -0.1) is 5.10 Å². The van der Waals surface area contributed by atoms with Gasteiger partial charge in [-0.1, -0.05) is 75.7 Å². The van der Waals surface area contributed by atoms with Crippen molar-refractivity contribution in [3.05, 3.63) is 81.5 Å². The Bertz CT molecular complexity index is 1820. The molecule has 47 heavy (non-hydrogen) atoms. The first-order valence-corrected chi connectivity index (χ1v) is 16.6. The van der Waals surface area contributed by atoms with Crippen LogP contribution in [0, 0.1) is 6.92 Å². The number of hydrogen-bond acceptors (Lipinski definition) is 8. The van der Waals surface area contributed by atoms with Crippen LogP contribution in [0.1, 0.15) is 94.4 Å². The Morgan fingerprint density at radius 1 is 1.00 bits per heavy atom. The van der Waals surface area contributed by atoms with Crippen LogP contribution in [0.15, 0.2) is 53.3 Å². The first kappa shape index (κ1) is 35.7. The first-order chi connectivity index (χ1) is 22.3. The van der Waals surface area contributed by atoms with Gasteiger partial charge in [0, 0.05) is 23.6 Å². The van der Waals surface area contributed by atoms with Crippen molar-refractivity contribution in [2.75, 3.05) is 6.61 Å². The van der Waals surface area contributed by atoms with Crippen LogP contribution in [-0.4, -0.2) is 115 Å². The van der Waals surface area contributed by atoms with Crippen LogP contribution in [0.3, 0.4) is 0 Å². The molecule has 6 rings (SSSR count). The number of nitrogens with zero attached hydrogens (tertiary/aromatic N) is 7. The van der Waals surface area contributed by atoms with Crippen molar-refractivity contribution in [2.45, 2.75) is 103 Å². The molecule has 0 spiro atoms. The normalized spacial score (nSPS) is 16.8. The van der Waals surface area contributed by atoms with Crippen molar-refractivity contribution in [1.29, 1.82) is 0 Å². The zero-order valence-electron chi connectivity index (χ0n) is 27.2. The number of tetrazole rings is 1. The number of aromatic nitrogens is 8. The number of aryl methyl sites for hydroxylation is 2. The molecule has 0 unspecified atom stereocenters. The van der Waals surface area contributed by atoms with Gasteiger partial charge >= 0.3 is 51.4 Å². The monoisotopic (exact) mass is 664 g/mol. The van der Waals surface area contributed by atoms with Gasteiger partial charge in [0.25, 0.3) is 5.56 Å². The maximum atomic E-state index is 14.5. The summed E-state index contributed by atoms with van der Waals surface area (Å²) in [5.74, 6) is 1.90. The number of fused-ring (bicyclic) bond motifs is 1. The fraction of sp³-hybridized carbons (Fsp3) is 0.486. The summed E-state index contributed by atoms with van der Waals surface area (Å²) in [6.07, 6.45) is 6.83. The number of rotatable bonds is 12. The van der Waals surface area contributed by atoms with Crippen LogP contribution in [0.5, 0.6) is 0 Å². The Morgan fingerprint density at radius 3 is 2.34 bits per heavy atom. The van der Waals surface area contributed by atoms with Gasteiger partial charge in [0.1, 0.15) is 5.82 Å². The third kappa shape index (κ3) is 7.69. The van der Waals surface area contributed by atoms with Gasteiger partial charge in [-0.25, -0.2) is 9.61 Å². The van der Waals surface area contributed by atoms with E-state index in [0.717, 1.165) is 72.0 Å². The molecule has 1 aliphatic carbocycles. The molecular formula is C35H45KN8O3.